The molecule has 4 N–H and O–H groups in total. The Labute approximate surface area is 220 Å². The van der Waals surface area contributed by atoms with Gasteiger partial charge in [0.1, 0.15) is 17.7 Å². The van der Waals surface area contributed by atoms with Crippen LogP contribution in [-0.2, 0) is 4.79 Å². The molecule has 1 saturated heterocycles. The fourth-order valence-corrected chi connectivity index (χ4v) is 5.44. The van der Waals surface area contributed by atoms with Crippen molar-refractivity contribution in [1.29, 1.82) is 0 Å². The topological polar surface area (TPSA) is 124 Å². The van der Waals surface area contributed by atoms with E-state index in [0.29, 0.717) is 18.2 Å². The maximum absolute atomic E-state index is 12.5. The third kappa shape index (κ3) is 4.12. The van der Waals surface area contributed by atoms with Gasteiger partial charge in [-0.05, 0) is 62.8 Å². The van der Waals surface area contributed by atoms with E-state index < -0.39 is 0 Å². The van der Waals surface area contributed by atoms with Gasteiger partial charge in [-0.25, -0.2) is 14.2 Å². The van der Waals surface area contributed by atoms with Crippen LogP contribution in [0.2, 0.25) is 0 Å². The minimum absolute atomic E-state index is 0.170. The molecule has 0 saturated carbocycles. The van der Waals surface area contributed by atoms with Crippen LogP contribution in [0.4, 0.5) is 11.6 Å². The zero-order valence-electron chi connectivity index (χ0n) is 21.6. The Bertz CT molecular complexity index is 1630. The smallest absolute Gasteiger partial charge is 0.236 e. The Morgan fingerprint density at radius 2 is 1.82 bits per heavy atom. The molecule has 0 bridgehead atoms. The standard InChI is InChI=1S/C28H31N9O/c1-34(2)16-25(38)35-12-10-18(11-13-35)24-15-22(26-27(29)31-17-32-37(24)26)19-8-9-21-23(14-19)33-36(28(21)30)20-6-4-3-5-7-20/h3-9,14-15,17-18H,10-13,16,30H2,1-2H3,(H2,29,31,32). The molecule has 1 aliphatic rings. The fraction of sp³-hybridized carbons (Fsp3) is 0.286. The van der Waals surface area contributed by atoms with Crippen molar-refractivity contribution in [1.82, 2.24) is 34.2 Å². The quantitative estimate of drug-likeness (QED) is 0.373. The Kier molecular flexibility index (Phi) is 5.96. The Morgan fingerprint density at radius 3 is 2.55 bits per heavy atom. The van der Waals surface area contributed by atoms with Gasteiger partial charge in [-0.15, -0.1) is 0 Å². The number of benzene rings is 2. The van der Waals surface area contributed by atoms with Gasteiger partial charge in [0.05, 0.1) is 17.7 Å². The molecule has 10 nitrogen and oxygen atoms in total. The van der Waals surface area contributed by atoms with Crippen LogP contribution in [0, 0.1) is 0 Å². The minimum Gasteiger partial charge on any atom is -0.383 e. The minimum atomic E-state index is 0.170. The van der Waals surface area contributed by atoms with Crippen molar-refractivity contribution in [2.24, 2.45) is 0 Å². The van der Waals surface area contributed by atoms with E-state index >= 15 is 0 Å². The lowest BCUT2D eigenvalue weighted by Crippen LogP contribution is -2.42. The number of anilines is 2. The molecule has 4 heterocycles. The molecule has 0 atom stereocenters. The van der Waals surface area contributed by atoms with Crippen LogP contribution in [0.3, 0.4) is 0 Å². The molecule has 6 rings (SSSR count). The second-order valence-corrected chi connectivity index (χ2v) is 10.1. The van der Waals surface area contributed by atoms with E-state index in [-0.39, 0.29) is 11.8 Å². The molecule has 1 amide bonds. The average molecular weight is 510 g/mol. The van der Waals surface area contributed by atoms with Crippen LogP contribution in [0.25, 0.3) is 33.2 Å². The lowest BCUT2D eigenvalue weighted by atomic mass is 9.93. The van der Waals surface area contributed by atoms with E-state index in [2.05, 4.69) is 16.1 Å². The summed E-state index contributed by atoms with van der Waals surface area (Å²) in [6.45, 7) is 1.88. The van der Waals surface area contributed by atoms with Crippen LogP contribution >= 0.6 is 0 Å². The first-order valence-corrected chi connectivity index (χ1v) is 12.8. The van der Waals surface area contributed by atoms with Gasteiger partial charge in [-0.3, -0.25) is 4.79 Å². The number of likely N-dealkylation sites (N-methyl/N-ethyl adjacent to an activating group) is 1. The molecular formula is C28H31N9O. The number of para-hydroxylation sites is 1. The molecule has 38 heavy (non-hydrogen) atoms. The number of fused-ring (bicyclic) bond motifs is 2. The number of carbonyl (C=O) groups is 1. The summed E-state index contributed by atoms with van der Waals surface area (Å²) in [5.41, 5.74) is 18.4. The number of hydrogen-bond donors (Lipinski definition) is 2. The molecule has 1 aliphatic heterocycles. The molecule has 5 aromatic rings. The van der Waals surface area contributed by atoms with Gasteiger partial charge in [0.25, 0.3) is 0 Å². The molecule has 10 heteroatoms. The lowest BCUT2D eigenvalue weighted by molar-refractivity contribution is -0.132. The Balaban J connectivity index is 1.37. The molecular weight excluding hydrogens is 478 g/mol. The molecule has 0 aliphatic carbocycles. The lowest BCUT2D eigenvalue weighted by Gasteiger charge is -2.32. The number of likely N-dealkylation sites (tertiary alicyclic amines) is 1. The summed E-state index contributed by atoms with van der Waals surface area (Å²) in [7, 11) is 3.84. The van der Waals surface area contributed by atoms with Crippen molar-refractivity contribution in [2.45, 2.75) is 18.8 Å². The van der Waals surface area contributed by atoms with Gasteiger partial charge in [0.2, 0.25) is 5.91 Å². The van der Waals surface area contributed by atoms with Gasteiger partial charge < -0.3 is 21.3 Å². The number of piperidine rings is 1. The van der Waals surface area contributed by atoms with Crippen molar-refractivity contribution in [3.63, 3.8) is 0 Å². The van der Waals surface area contributed by atoms with Crippen LogP contribution < -0.4 is 11.5 Å². The monoisotopic (exact) mass is 509 g/mol. The summed E-state index contributed by atoms with van der Waals surface area (Å²) in [6.07, 6.45) is 3.23. The Hall–Kier alpha value is -4.44. The third-order valence-electron chi connectivity index (χ3n) is 7.35. The number of carbonyl (C=O) groups excluding carboxylic acids is 1. The van der Waals surface area contributed by atoms with Crippen molar-refractivity contribution >= 4 is 34.0 Å². The normalized spacial score (nSPS) is 14.7. The van der Waals surface area contributed by atoms with E-state index in [0.717, 1.165) is 64.9 Å². The van der Waals surface area contributed by atoms with Crippen LogP contribution in [0.5, 0.6) is 0 Å². The van der Waals surface area contributed by atoms with E-state index in [1.54, 1.807) is 4.68 Å². The number of hydrogen-bond acceptors (Lipinski definition) is 7. The summed E-state index contributed by atoms with van der Waals surface area (Å²) in [4.78, 5) is 20.7. The van der Waals surface area contributed by atoms with E-state index in [4.69, 9.17) is 16.6 Å². The number of amides is 1. The SMILES string of the molecule is CN(C)CC(=O)N1CCC(c2cc(-c3ccc4c(N)n(-c5ccccc5)nc4c3)c3c(N)ncnn23)CC1. The van der Waals surface area contributed by atoms with Crippen molar-refractivity contribution < 1.29 is 4.79 Å². The number of nitrogens with two attached hydrogens (primary N) is 2. The highest BCUT2D eigenvalue weighted by molar-refractivity contribution is 5.96. The zero-order valence-corrected chi connectivity index (χ0v) is 21.6. The molecule has 3 aromatic heterocycles. The van der Waals surface area contributed by atoms with Gasteiger partial charge in [0, 0.05) is 35.7 Å². The maximum atomic E-state index is 12.5. The molecule has 0 radical (unpaired) electrons. The van der Waals surface area contributed by atoms with Crippen LogP contribution in [-0.4, -0.2) is 73.8 Å². The van der Waals surface area contributed by atoms with Gasteiger partial charge in [0.15, 0.2) is 5.82 Å². The zero-order chi connectivity index (χ0) is 26.4. The van der Waals surface area contributed by atoms with Crippen molar-refractivity contribution in [2.75, 3.05) is 45.2 Å². The maximum Gasteiger partial charge on any atom is 0.236 e. The first-order valence-electron chi connectivity index (χ1n) is 12.8. The predicted octanol–water partition coefficient (Wildman–Crippen LogP) is 3.17. The molecule has 0 unspecified atom stereocenters. The summed E-state index contributed by atoms with van der Waals surface area (Å²) >= 11 is 0. The first-order chi connectivity index (χ1) is 18.4. The van der Waals surface area contributed by atoms with E-state index in [9.17, 15) is 4.79 Å². The van der Waals surface area contributed by atoms with Gasteiger partial charge in [-0.2, -0.15) is 10.2 Å². The second-order valence-electron chi connectivity index (χ2n) is 10.1. The molecule has 194 valence electrons. The van der Waals surface area contributed by atoms with Gasteiger partial charge >= 0.3 is 0 Å². The molecule has 2 aromatic carbocycles. The highest BCUT2D eigenvalue weighted by Crippen LogP contribution is 2.38. The van der Waals surface area contributed by atoms with Crippen molar-refractivity contribution in [3.05, 3.63) is 66.6 Å². The summed E-state index contributed by atoms with van der Waals surface area (Å²) in [5, 5.41) is 10.3. The summed E-state index contributed by atoms with van der Waals surface area (Å²) in [6, 6.07) is 18.1. The number of nitrogen functional groups attached to an aromatic ring is 2. The molecule has 1 fully saturated rings. The van der Waals surface area contributed by atoms with Crippen LogP contribution in [0.1, 0.15) is 24.5 Å². The Morgan fingerprint density at radius 1 is 1.05 bits per heavy atom. The summed E-state index contributed by atoms with van der Waals surface area (Å²) < 4.78 is 3.68. The number of rotatable bonds is 5. The van der Waals surface area contributed by atoms with E-state index in [1.807, 2.05) is 76.9 Å². The van der Waals surface area contributed by atoms with Gasteiger partial charge in [-0.1, -0.05) is 24.3 Å². The molecule has 0 spiro atoms. The number of nitrogens with zero attached hydrogens (tertiary/aromatic N) is 7. The highest BCUT2D eigenvalue weighted by Gasteiger charge is 2.28. The second kappa shape index (κ2) is 9.46. The highest BCUT2D eigenvalue weighted by atomic mass is 16.2. The number of aromatic nitrogens is 5. The predicted molar refractivity (Wildman–Crippen MR) is 149 cm³/mol. The largest absolute Gasteiger partial charge is 0.383 e. The first kappa shape index (κ1) is 23.9. The third-order valence-corrected chi connectivity index (χ3v) is 7.35. The fourth-order valence-electron chi connectivity index (χ4n) is 5.44. The van der Waals surface area contributed by atoms with Crippen molar-refractivity contribution in [3.8, 4) is 16.8 Å². The summed E-state index contributed by atoms with van der Waals surface area (Å²) in [5.74, 6) is 1.45. The average Bonchev–Trinajstić information content (AvgIpc) is 3.48. The van der Waals surface area contributed by atoms with E-state index in [1.165, 1.54) is 6.33 Å². The van der Waals surface area contributed by atoms with Crippen LogP contribution in [0.15, 0.2) is 60.9 Å².